The van der Waals surface area contributed by atoms with E-state index >= 15 is 0 Å². The van der Waals surface area contributed by atoms with Crippen LogP contribution >= 0.6 is 11.8 Å². The van der Waals surface area contributed by atoms with Crippen LogP contribution in [0.1, 0.15) is 29.3 Å². The number of carbonyl (C=O) groups is 2. The van der Waals surface area contributed by atoms with Crippen LogP contribution in [0.25, 0.3) is 21.9 Å². The summed E-state index contributed by atoms with van der Waals surface area (Å²) in [5.74, 6) is -1.28. The lowest BCUT2D eigenvalue weighted by molar-refractivity contribution is -0.139. The fourth-order valence-electron chi connectivity index (χ4n) is 3.53. The van der Waals surface area contributed by atoms with E-state index in [4.69, 9.17) is 5.73 Å². The van der Waals surface area contributed by atoms with E-state index in [9.17, 15) is 14.7 Å². The van der Waals surface area contributed by atoms with Gasteiger partial charge in [-0.15, -0.1) is 11.8 Å². The van der Waals surface area contributed by atoms with Gasteiger partial charge in [-0.1, -0.05) is 30.3 Å². The average molecular weight is 378 g/mol. The number of aromatic nitrogens is 1. The van der Waals surface area contributed by atoms with E-state index in [-0.39, 0.29) is 0 Å². The van der Waals surface area contributed by atoms with Crippen LogP contribution in [0.4, 0.5) is 0 Å². The third-order valence-corrected chi connectivity index (χ3v) is 6.62. The van der Waals surface area contributed by atoms with E-state index in [2.05, 4.69) is 4.98 Å². The highest BCUT2D eigenvalue weighted by molar-refractivity contribution is 8.01. The van der Waals surface area contributed by atoms with Crippen LogP contribution in [-0.4, -0.2) is 26.7 Å². The fraction of sp³-hybridized carbons (Fsp3) is 0.190. The summed E-state index contributed by atoms with van der Waals surface area (Å²) in [6, 6.07) is 11.2. The van der Waals surface area contributed by atoms with Crippen molar-refractivity contribution in [1.82, 2.24) is 4.98 Å². The number of carboxylic acids is 1. The Kier molecular flexibility index (Phi) is 4.15. The van der Waals surface area contributed by atoms with Crippen molar-refractivity contribution in [1.29, 1.82) is 0 Å². The van der Waals surface area contributed by atoms with Gasteiger partial charge in [0.05, 0.1) is 0 Å². The summed E-state index contributed by atoms with van der Waals surface area (Å²) in [5.41, 5.74) is 8.85. The number of hydrogen-bond donors (Lipinski definition) is 2. The molecule has 2 heterocycles. The number of primary amides is 1. The first-order valence-corrected chi connectivity index (χ1v) is 9.43. The lowest BCUT2D eigenvalue weighted by Crippen LogP contribution is -2.34. The van der Waals surface area contributed by atoms with Crippen LogP contribution in [0.3, 0.4) is 0 Å². The number of carbonyl (C=O) groups excluding carboxylic acids is 1. The highest BCUT2D eigenvalue weighted by Crippen LogP contribution is 2.48. The van der Waals surface area contributed by atoms with E-state index in [1.165, 1.54) is 11.8 Å². The van der Waals surface area contributed by atoms with Crippen molar-refractivity contribution in [3.63, 3.8) is 0 Å². The zero-order valence-electron chi connectivity index (χ0n) is 14.7. The predicted molar refractivity (Wildman–Crippen MR) is 106 cm³/mol. The molecule has 1 unspecified atom stereocenters. The van der Waals surface area contributed by atoms with E-state index in [0.29, 0.717) is 18.4 Å². The maximum Gasteiger partial charge on any atom is 0.319 e. The van der Waals surface area contributed by atoms with Gasteiger partial charge in [-0.25, -0.2) is 0 Å². The Morgan fingerprint density at radius 2 is 1.85 bits per heavy atom. The number of benzene rings is 2. The second-order valence-corrected chi connectivity index (χ2v) is 8.40. The smallest absolute Gasteiger partial charge is 0.319 e. The van der Waals surface area contributed by atoms with Crippen LogP contribution in [0.2, 0.25) is 0 Å². The minimum Gasteiger partial charge on any atom is -0.480 e. The molecule has 1 aliphatic rings. The van der Waals surface area contributed by atoms with E-state index < -0.39 is 16.6 Å². The topological polar surface area (TPSA) is 93.3 Å². The van der Waals surface area contributed by atoms with E-state index in [1.54, 1.807) is 19.2 Å². The number of aryl methyl sites for hydroxylation is 1. The molecule has 0 saturated heterocycles. The minimum absolute atomic E-state index is 0.468. The Morgan fingerprint density at radius 3 is 2.56 bits per heavy atom. The van der Waals surface area contributed by atoms with Crippen LogP contribution in [-0.2, 0) is 11.2 Å². The molecule has 3 N–H and O–H groups in total. The minimum atomic E-state index is -0.869. The molecule has 4 rings (SSSR count). The number of rotatable bonds is 3. The van der Waals surface area contributed by atoms with Crippen molar-refractivity contribution in [3.8, 4) is 11.1 Å². The molecule has 0 fully saturated rings. The standard InChI is InChI=1S/C21H18N2O3S/c1-21(20(25)26)9-8-12-10-23-11-17(18(12)27-21)15-6-7-16(19(22)24)14-5-3-2-4-13(14)15/h2-7,10-11H,8-9H2,1H3,(H2,22,24)(H,25,26). The summed E-state index contributed by atoms with van der Waals surface area (Å²) in [7, 11) is 0. The second-order valence-electron chi connectivity index (χ2n) is 6.88. The van der Waals surface area contributed by atoms with Gasteiger partial charge in [-0.3, -0.25) is 14.6 Å². The molecular formula is C21H18N2O3S. The molecule has 136 valence electrons. The molecule has 2 aromatic carbocycles. The van der Waals surface area contributed by atoms with Crippen LogP contribution in [0.15, 0.2) is 53.7 Å². The number of hydrogen-bond acceptors (Lipinski definition) is 4. The molecule has 0 spiro atoms. The van der Waals surface area contributed by atoms with Gasteiger partial charge in [0, 0.05) is 28.4 Å². The number of nitrogens with zero attached hydrogens (tertiary/aromatic N) is 1. The number of nitrogens with two attached hydrogens (primary N) is 1. The van der Waals surface area contributed by atoms with Gasteiger partial charge in [0.1, 0.15) is 4.75 Å². The number of aliphatic carboxylic acids is 1. The molecule has 3 aromatic rings. The van der Waals surface area contributed by atoms with Gasteiger partial charge in [0.15, 0.2) is 0 Å². The molecule has 1 atom stereocenters. The summed E-state index contributed by atoms with van der Waals surface area (Å²) >= 11 is 1.38. The van der Waals surface area contributed by atoms with Gasteiger partial charge in [0.25, 0.3) is 0 Å². The molecule has 1 aliphatic heterocycles. The Bertz CT molecular complexity index is 1100. The predicted octanol–water partition coefficient (Wildman–Crippen LogP) is 3.88. The second kappa shape index (κ2) is 6.39. The summed E-state index contributed by atoms with van der Waals surface area (Å²) in [6.07, 6.45) is 4.81. The Labute approximate surface area is 160 Å². The third-order valence-electron chi connectivity index (χ3n) is 5.10. The van der Waals surface area contributed by atoms with Crippen molar-refractivity contribution in [3.05, 3.63) is 59.9 Å². The van der Waals surface area contributed by atoms with E-state index in [1.807, 2.05) is 36.5 Å². The Hall–Kier alpha value is -2.86. The molecule has 5 nitrogen and oxygen atoms in total. The molecular weight excluding hydrogens is 360 g/mol. The van der Waals surface area contributed by atoms with Gasteiger partial charge < -0.3 is 10.8 Å². The maximum absolute atomic E-state index is 11.8. The normalized spacial score (nSPS) is 18.9. The van der Waals surface area contributed by atoms with Gasteiger partial charge >= 0.3 is 5.97 Å². The van der Waals surface area contributed by atoms with Gasteiger partial charge in [0.2, 0.25) is 5.91 Å². The van der Waals surface area contributed by atoms with Crippen LogP contribution < -0.4 is 5.73 Å². The van der Waals surface area contributed by atoms with Crippen LogP contribution in [0.5, 0.6) is 0 Å². The number of pyridine rings is 1. The first-order chi connectivity index (χ1) is 12.9. The van der Waals surface area contributed by atoms with Crippen molar-refractivity contribution >= 4 is 34.4 Å². The van der Waals surface area contributed by atoms with Crippen molar-refractivity contribution < 1.29 is 14.7 Å². The number of carboxylic acid groups (broad SMARTS) is 1. The zero-order chi connectivity index (χ0) is 19.2. The van der Waals surface area contributed by atoms with Gasteiger partial charge in [-0.05, 0) is 47.7 Å². The van der Waals surface area contributed by atoms with Crippen molar-refractivity contribution in [2.75, 3.05) is 0 Å². The zero-order valence-corrected chi connectivity index (χ0v) is 15.5. The van der Waals surface area contributed by atoms with Crippen LogP contribution in [0, 0.1) is 0 Å². The molecule has 0 bridgehead atoms. The molecule has 6 heteroatoms. The number of fused-ring (bicyclic) bond motifs is 2. The third kappa shape index (κ3) is 2.86. The summed E-state index contributed by atoms with van der Waals surface area (Å²) in [6.45, 7) is 1.77. The SMILES string of the molecule is CC1(C(=O)O)CCc2cncc(-c3ccc(C(N)=O)c4ccccc34)c2S1. The Balaban J connectivity index is 1.96. The van der Waals surface area contributed by atoms with Crippen molar-refractivity contribution in [2.45, 2.75) is 29.4 Å². The molecule has 0 aliphatic carbocycles. The highest BCUT2D eigenvalue weighted by atomic mass is 32.2. The monoisotopic (exact) mass is 378 g/mol. The maximum atomic E-state index is 11.8. The fourth-order valence-corrected chi connectivity index (χ4v) is 4.83. The van der Waals surface area contributed by atoms with Crippen molar-refractivity contribution in [2.24, 2.45) is 5.73 Å². The number of amides is 1. The lowest BCUT2D eigenvalue weighted by atomic mass is 9.93. The Morgan fingerprint density at radius 1 is 1.11 bits per heavy atom. The number of thioether (sulfide) groups is 1. The largest absolute Gasteiger partial charge is 0.480 e. The molecule has 27 heavy (non-hydrogen) atoms. The highest BCUT2D eigenvalue weighted by Gasteiger charge is 2.39. The molecule has 1 amide bonds. The molecule has 1 aromatic heterocycles. The molecule has 0 radical (unpaired) electrons. The summed E-state index contributed by atoms with van der Waals surface area (Å²) in [4.78, 5) is 28.9. The average Bonchev–Trinajstić information content (AvgIpc) is 2.66. The quantitative estimate of drug-likeness (QED) is 0.721. The summed E-state index contributed by atoms with van der Waals surface area (Å²) in [5, 5.41) is 11.3. The lowest BCUT2D eigenvalue weighted by Gasteiger charge is -2.31. The first kappa shape index (κ1) is 17.5. The first-order valence-electron chi connectivity index (χ1n) is 8.62. The van der Waals surface area contributed by atoms with E-state index in [0.717, 1.165) is 32.4 Å². The summed E-state index contributed by atoms with van der Waals surface area (Å²) < 4.78 is -0.869. The van der Waals surface area contributed by atoms with Gasteiger partial charge in [-0.2, -0.15) is 0 Å². The molecule has 0 saturated carbocycles.